The number of hydrogen-bond donors (Lipinski definition) is 0. The van der Waals surface area contributed by atoms with Crippen molar-refractivity contribution in [2.24, 2.45) is 0 Å². The van der Waals surface area contributed by atoms with E-state index in [2.05, 4.69) is 0 Å². The van der Waals surface area contributed by atoms with E-state index in [9.17, 15) is 0 Å². The molecule has 25 heavy (non-hydrogen) atoms. The maximum Gasteiger partial charge on any atom is 4.00 e. The van der Waals surface area contributed by atoms with Crippen molar-refractivity contribution in [2.75, 3.05) is 0 Å². The predicted molar refractivity (Wildman–Crippen MR) is 31.1 cm³/mol. The minimum atomic E-state index is -5.39. The van der Waals surface area contributed by atoms with Gasteiger partial charge in [-0.25, -0.2) is 0 Å². The van der Waals surface area contributed by atoms with Crippen molar-refractivity contribution in [3.8, 4) is 0 Å². The number of phosphoric acid groups is 4. The third kappa shape index (κ3) is 1760. The van der Waals surface area contributed by atoms with E-state index in [1.807, 2.05) is 0 Å². The molecule has 0 N–H and O–H groups in total. The van der Waals surface area contributed by atoms with E-state index in [1.165, 1.54) is 0 Å². The summed E-state index contributed by atoms with van der Waals surface area (Å²) in [4.78, 5) is 103. The minimum absolute atomic E-state index is 0. The minimum Gasteiger partial charge on any atom is 4.00 e. The van der Waals surface area contributed by atoms with Crippen LogP contribution in [0.25, 0.3) is 0 Å². The second kappa shape index (κ2) is 25.2. The van der Waals surface area contributed by atoms with E-state index in [0.29, 0.717) is 0 Å². The van der Waals surface area contributed by atoms with Crippen molar-refractivity contribution in [3.63, 3.8) is 0 Å². The zero-order valence-corrected chi connectivity index (χ0v) is 20.3. The van der Waals surface area contributed by atoms with Crippen LogP contribution in [0.5, 0.6) is 0 Å². The fourth-order valence-corrected chi connectivity index (χ4v) is 0. The number of rotatable bonds is 0. The summed E-state index contributed by atoms with van der Waals surface area (Å²) in [5, 5.41) is 0. The second-order valence-electron chi connectivity index (χ2n) is 1.79. The van der Waals surface area contributed by atoms with Crippen LogP contribution in [0, 0.1) is 0 Å². The molecule has 0 fully saturated rings. The molecule has 0 aliphatic rings. The van der Waals surface area contributed by atoms with Crippen LogP contribution in [0.2, 0.25) is 0 Å². The normalized spacial score (nSPS) is 9.68. The Hall–Kier alpha value is 3.12. The Bertz CT molecular complexity index is 312. The van der Waals surface area contributed by atoms with Gasteiger partial charge in [0.05, 0.1) is 0 Å². The molecule has 0 aromatic heterocycles. The summed E-state index contributed by atoms with van der Waals surface area (Å²) in [6.07, 6.45) is 0. The monoisotopic (exact) mass is 647 g/mol. The molecule has 0 radical (unpaired) electrons. The van der Waals surface area contributed by atoms with Gasteiger partial charge in [0.25, 0.3) is 0 Å². The van der Waals surface area contributed by atoms with Crippen LogP contribution >= 0.6 is 31.3 Å². The van der Waals surface area contributed by atoms with Gasteiger partial charge in [-0.15, -0.1) is 0 Å². The first-order valence-corrected chi connectivity index (χ1v) is 9.49. The van der Waals surface area contributed by atoms with Gasteiger partial charge in [0, 0.05) is 0 Å². The van der Waals surface area contributed by atoms with Gasteiger partial charge in [0.1, 0.15) is 0 Å². The van der Waals surface area contributed by atoms with Crippen LogP contribution < -0.4 is 58.7 Å². The Kier molecular flexibility index (Phi) is 51.4. The van der Waals surface area contributed by atoms with Crippen LogP contribution in [0.4, 0.5) is 0 Å². The molecular weight excluding hydrogens is 647 g/mol. The zero-order chi connectivity index (χ0) is 20.0. The smallest absolute Gasteiger partial charge is 4.00 e. The SMILES string of the molecule is O=P([O-])([O-])[O-].O=P([O-])([O-])[O-].O=P([O-])([O-])[O-].O=P([O-])([O-])[O-].[O]=[Ag].[Ti+4].[Ti+4].[Ti+4]. The molecule has 0 saturated carbocycles. The van der Waals surface area contributed by atoms with Gasteiger partial charge >= 0.3 is 89.4 Å². The van der Waals surface area contributed by atoms with Gasteiger partial charge in [-0.2, -0.15) is 31.3 Å². The van der Waals surface area contributed by atoms with Crippen molar-refractivity contribution in [1.29, 1.82) is 0 Å². The summed E-state index contributed by atoms with van der Waals surface area (Å²) in [5.74, 6) is 0. The molecule has 0 heterocycles. The Labute approximate surface area is 196 Å². The predicted octanol–water partition coefficient (Wildman–Crippen LogP) is -11.4. The average Bonchev–Trinajstić information content (AvgIpc) is 1.92. The maximum absolute atomic E-state index is 8.55. The molecule has 0 rings (SSSR count). The molecule has 0 aromatic carbocycles. The van der Waals surface area contributed by atoms with E-state index in [0.717, 1.165) is 0 Å². The molecule has 0 atom stereocenters. The third-order valence-corrected chi connectivity index (χ3v) is 0. The first kappa shape index (κ1) is 51.1. The molecule has 145 valence electrons. The van der Waals surface area contributed by atoms with E-state index < -0.39 is 31.3 Å². The fourth-order valence-electron chi connectivity index (χ4n) is 0. The average molecular weight is 647 g/mol. The van der Waals surface area contributed by atoms with Crippen molar-refractivity contribution in [1.82, 2.24) is 0 Å². The van der Waals surface area contributed by atoms with Crippen molar-refractivity contribution in [2.45, 2.75) is 0 Å². The van der Waals surface area contributed by atoms with Gasteiger partial charge in [-0.3, -0.25) is 0 Å². The Morgan fingerprint density at radius 2 is 0.360 bits per heavy atom. The third-order valence-electron chi connectivity index (χ3n) is 0. The quantitative estimate of drug-likeness (QED) is 0.174. The Morgan fingerprint density at radius 1 is 0.360 bits per heavy atom. The van der Waals surface area contributed by atoms with Gasteiger partial charge in [0.15, 0.2) is 0 Å². The molecule has 25 heteroatoms. The van der Waals surface area contributed by atoms with Crippen LogP contribution in [0.1, 0.15) is 0 Å². The summed E-state index contributed by atoms with van der Waals surface area (Å²) in [6.45, 7) is 0. The molecule has 17 nitrogen and oxygen atoms in total. The Morgan fingerprint density at radius 3 is 0.360 bits per heavy atom. The van der Waals surface area contributed by atoms with Crippen LogP contribution in [0.15, 0.2) is 0 Å². The molecule has 0 aliphatic heterocycles. The largest absolute Gasteiger partial charge is 4.00 e. The van der Waals surface area contributed by atoms with Gasteiger partial charge in [-0.05, 0) is 0 Å². The molecular formula is AgO17P4Ti3. The van der Waals surface area contributed by atoms with Crippen LogP contribution in [0.3, 0.4) is 0 Å². The maximum atomic E-state index is 8.55. The standard InChI is InChI=1S/Ag.4H3O4P.O.3Ti/c;4*1-5(2,3)4;;;;/h;4*(H3,1,2,3,4);;;;/q;;;;;;3*+4/p-12. The van der Waals surface area contributed by atoms with Crippen molar-refractivity contribution in [3.05, 3.63) is 0 Å². The summed E-state index contributed by atoms with van der Waals surface area (Å²) < 4.78 is 42.3. The molecule has 0 spiro atoms. The summed E-state index contributed by atoms with van der Waals surface area (Å²) in [7, 11) is -21.6. The van der Waals surface area contributed by atoms with Gasteiger partial charge < -0.3 is 77.0 Å². The van der Waals surface area contributed by atoms with Crippen molar-refractivity contribution >= 4 is 31.3 Å². The van der Waals surface area contributed by atoms with Gasteiger partial charge in [0.2, 0.25) is 0 Å². The summed E-state index contributed by atoms with van der Waals surface area (Å²) in [5.41, 5.74) is 0. The molecule has 0 saturated heterocycles. The summed E-state index contributed by atoms with van der Waals surface area (Å²) in [6, 6.07) is 0. The molecule has 0 aliphatic carbocycles. The van der Waals surface area contributed by atoms with Crippen LogP contribution in [-0.2, 0) is 108 Å². The Balaban J connectivity index is -0.0000000239. The van der Waals surface area contributed by atoms with Crippen LogP contribution in [-0.4, -0.2) is 0 Å². The second-order valence-corrected chi connectivity index (χ2v) is 5.37. The summed E-state index contributed by atoms with van der Waals surface area (Å²) >= 11 is 1.70. The number of hydrogen-bond acceptors (Lipinski definition) is 17. The first-order chi connectivity index (χ1) is 9.00. The van der Waals surface area contributed by atoms with Crippen molar-refractivity contribution < 1.29 is 166 Å². The van der Waals surface area contributed by atoms with E-state index in [4.69, 9.17) is 80.2 Å². The first-order valence-electron chi connectivity index (χ1n) is 3.04. The van der Waals surface area contributed by atoms with E-state index in [1.54, 1.807) is 21.0 Å². The van der Waals surface area contributed by atoms with E-state index in [-0.39, 0.29) is 65.2 Å². The molecule has 0 aromatic rings. The van der Waals surface area contributed by atoms with Gasteiger partial charge in [-0.1, -0.05) is 0 Å². The topological polar surface area (TPSA) is 362 Å². The zero-order valence-electron chi connectivity index (χ0n) is 10.5. The molecule has 0 unspecified atom stereocenters. The van der Waals surface area contributed by atoms with E-state index >= 15 is 0 Å². The molecule has 0 amide bonds. The molecule has 0 bridgehead atoms. The fraction of sp³-hybridized carbons (Fsp3) is 0.